The highest BCUT2D eigenvalue weighted by Crippen LogP contribution is 2.45. The van der Waals surface area contributed by atoms with Gasteiger partial charge in [0, 0.05) is 6.04 Å². The Hall–Kier alpha value is -0.600. The van der Waals surface area contributed by atoms with E-state index in [1.807, 2.05) is 6.07 Å². The molecule has 1 fully saturated rings. The van der Waals surface area contributed by atoms with Crippen molar-refractivity contribution < 1.29 is 4.39 Å². The van der Waals surface area contributed by atoms with E-state index in [1.165, 1.54) is 18.1 Å². The van der Waals surface area contributed by atoms with Crippen LogP contribution >= 0.6 is 11.6 Å². The van der Waals surface area contributed by atoms with Crippen LogP contribution in [0.2, 0.25) is 5.02 Å². The largest absolute Gasteiger partial charge is 0.314 e. The predicted molar refractivity (Wildman–Crippen MR) is 74.6 cm³/mol. The van der Waals surface area contributed by atoms with Gasteiger partial charge in [-0.25, -0.2) is 4.39 Å². The van der Waals surface area contributed by atoms with E-state index in [-0.39, 0.29) is 10.8 Å². The Kier molecular flexibility index (Phi) is 4.63. The van der Waals surface area contributed by atoms with Crippen molar-refractivity contribution in [2.75, 3.05) is 6.54 Å². The summed E-state index contributed by atoms with van der Waals surface area (Å²) < 4.78 is 13.2. The summed E-state index contributed by atoms with van der Waals surface area (Å²) in [6, 6.07) is 5.77. The highest BCUT2D eigenvalue weighted by molar-refractivity contribution is 6.30. The van der Waals surface area contributed by atoms with E-state index in [1.54, 1.807) is 6.07 Å². The molecule has 3 heteroatoms. The van der Waals surface area contributed by atoms with E-state index < -0.39 is 0 Å². The highest BCUT2D eigenvalue weighted by atomic mass is 35.5. The highest BCUT2D eigenvalue weighted by Gasteiger charge is 2.39. The molecule has 1 nitrogen and oxygen atoms in total. The normalized spacial score (nSPS) is 27.0. The molecule has 0 spiro atoms. The predicted octanol–water partition coefficient (Wildman–Crippen LogP) is 4.36. The van der Waals surface area contributed by atoms with Gasteiger partial charge in [-0.3, -0.25) is 0 Å². The minimum atomic E-state index is -0.326. The molecule has 1 saturated carbocycles. The van der Waals surface area contributed by atoms with Crippen LogP contribution in [-0.2, 0) is 0 Å². The quantitative estimate of drug-likeness (QED) is 0.837. The molecule has 0 aliphatic heterocycles. The van der Waals surface area contributed by atoms with E-state index in [0.717, 1.165) is 19.4 Å². The molecule has 1 aliphatic rings. The maximum Gasteiger partial charge on any atom is 0.141 e. The van der Waals surface area contributed by atoms with Crippen LogP contribution in [0.5, 0.6) is 0 Å². The molecule has 0 heterocycles. The monoisotopic (exact) mass is 269 g/mol. The Balaban J connectivity index is 2.04. The number of nitrogens with one attached hydrogen (secondary N) is 1. The van der Waals surface area contributed by atoms with Gasteiger partial charge in [0.2, 0.25) is 0 Å². The molecule has 1 N–H and O–H groups in total. The molecule has 0 saturated heterocycles. The lowest BCUT2D eigenvalue weighted by atomic mass is 9.65. The van der Waals surface area contributed by atoms with Gasteiger partial charge < -0.3 is 5.32 Å². The van der Waals surface area contributed by atoms with Crippen LogP contribution in [-0.4, -0.2) is 12.6 Å². The van der Waals surface area contributed by atoms with Crippen LogP contribution in [0, 0.1) is 11.7 Å². The van der Waals surface area contributed by atoms with Crippen LogP contribution in [0.4, 0.5) is 4.39 Å². The SMILES string of the molecule is CCCNC1CC(c2ccc(F)c(Cl)c2)C1CC. The fraction of sp³-hybridized carbons (Fsp3) is 0.600. The van der Waals surface area contributed by atoms with Gasteiger partial charge in [0.25, 0.3) is 0 Å². The number of benzene rings is 1. The lowest BCUT2D eigenvalue weighted by Gasteiger charge is -2.45. The molecule has 100 valence electrons. The molecule has 0 radical (unpaired) electrons. The van der Waals surface area contributed by atoms with Crippen molar-refractivity contribution in [2.45, 2.75) is 45.1 Å². The van der Waals surface area contributed by atoms with Crippen LogP contribution in [0.25, 0.3) is 0 Å². The second kappa shape index (κ2) is 6.03. The third-order valence-corrected chi connectivity index (χ3v) is 4.33. The maximum absolute atomic E-state index is 13.2. The third-order valence-electron chi connectivity index (χ3n) is 4.04. The molecule has 0 bridgehead atoms. The van der Waals surface area contributed by atoms with Crippen molar-refractivity contribution in [1.82, 2.24) is 5.32 Å². The molecule has 1 aromatic carbocycles. The molecule has 1 aliphatic carbocycles. The minimum absolute atomic E-state index is 0.243. The zero-order valence-electron chi connectivity index (χ0n) is 11.0. The third kappa shape index (κ3) is 2.70. The second-order valence-corrected chi connectivity index (χ2v) is 5.56. The van der Waals surface area contributed by atoms with Crippen LogP contribution in [0.3, 0.4) is 0 Å². The summed E-state index contributed by atoms with van der Waals surface area (Å²) in [4.78, 5) is 0. The smallest absolute Gasteiger partial charge is 0.141 e. The minimum Gasteiger partial charge on any atom is -0.314 e. The molecular weight excluding hydrogens is 249 g/mol. The van der Waals surface area contributed by atoms with Crippen molar-refractivity contribution in [3.8, 4) is 0 Å². The van der Waals surface area contributed by atoms with Gasteiger partial charge in [0.15, 0.2) is 0 Å². The molecule has 1 aromatic rings. The Morgan fingerprint density at radius 1 is 1.39 bits per heavy atom. The zero-order chi connectivity index (χ0) is 13.1. The molecule has 3 unspecified atom stereocenters. The lowest BCUT2D eigenvalue weighted by molar-refractivity contribution is 0.161. The lowest BCUT2D eigenvalue weighted by Crippen LogP contribution is -2.49. The van der Waals surface area contributed by atoms with Crippen molar-refractivity contribution in [3.05, 3.63) is 34.6 Å². The van der Waals surface area contributed by atoms with Crippen molar-refractivity contribution in [1.29, 1.82) is 0 Å². The van der Waals surface area contributed by atoms with Gasteiger partial charge in [-0.1, -0.05) is 37.9 Å². The summed E-state index contributed by atoms with van der Waals surface area (Å²) in [6.07, 6.45) is 3.46. The van der Waals surface area contributed by atoms with E-state index in [2.05, 4.69) is 19.2 Å². The van der Waals surface area contributed by atoms with Crippen LogP contribution < -0.4 is 5.32 Å². The Bertz CT molecular complexity index is 407. The first kappa shape index (κ1) is 13.8. The average Bonchev–Trinajstić information content (AvgIpc) is 2.33. The summed E-state index contributed by atoms with van der Waals surface area (Å²) in [5.74, 6) is 0.856. The topological polar surface area (TPSA) is 12.0 Å². The van der Waals surface area contributed by atoms with Crippen LogP contribution in [0.1, 0.15) is 44.6 Å². The van der Waals surface area contributed by atoms with E-state index in [9.17, 15) is 4.39 Å². The van der Waals surface area contributed by atoms with Gasteiger partial charge in [-0.05, 0) is 48.9 Å². The van der Waals surface area contributed by atoms with E-state index in [0.29, 0.717) is 17.9 Å². The van der Waals surface area contributed by atoms with Crippen LogP contribution in [0.15, 0.2) is 18.2 Å². The fourth-order valence-electron chi connectivity index (χ4n) is 2.97. The van der Waals surface area contributed by atoms with Gasteiger partial charge in [0.05, 0.1) is 5.02 Å². The van der Waals surface area contributed by atoms with Crippen molar-refractivity contribution >= 4 is 11.6 Å². The first-order chi connectivity index (χ1) is 8.67. The van der Waals surface area contributed by atoms with Gasteiger partial charge in [-0.15, -0.1) is 0 Å². The van der Waals surface area contributed by atoms with E-state index >= 15 is 0 Å². The number of rotatable bonds is 5. The number of hydrogen-bond acceptors (Lipinski definition) is 1. The zero-order valence-corrected chi connectivity index (χ0v) is 11.8. The molecule has 18 heavy (non-hydrogen) atoms. The molecule has 0 amide bonds. The first-order valence-electron chi connectivity index (χ1n) is 6.85. The molecule has 3 atom stereocenters. The Morgan fingerprint density at radius 2 is 2.17 bits per heavy atom. The summed E-state index contributed by atoms with van der Waals surface area (Å²) in [6.45, 7) is 5.49. The van der Waals surface area contributed by atoms with Crippen molar-refractivity contribution in [3.63, 3.8) is 0 Å². The average molecular weight is 270 g/mol. The standard InChI is InChI=1S/C15H21ClFN/c1-3-7-18-15-9-12(11(15)4-2)10-5-6-14(17)13(16)8-10/h5-6,8,11-12,15,18H,3-4,7,9H2,1-2H3. The number of hydrogen-bond donors (Lipinski definition) is 1. The van der Waals surface area contributed by atoms with Gasteiger partial charge in [-0.2, -0.15) is 0 Å². The van der Waals surface area contributed by atoms with Gasteiger partial charge >= 0.3 is 0 Å². The first-order valence-corrected chi connectivity index (χ1v) is 7.23. The number of halogens is 2. The fourth-order valence-corrected chi connectivity index (χ4v) is 3.16. The Morgan fingerprint density at radius 3 is 2.78 bits per heavy atom. The summed E-state index contributed by atoms with van der Waals surface area (Å²) in [5.41, 5.74) is 1.18. The summed E-state index contributed by atoms with van der Waals surface area (Å²) in [7, 11) is 0. The van der Waals surface area contributed by atoms with Crippen molar-refractivity contribution in [2.24, 2.45) is 5.92 Å². The molecule has 2 rings (SSSR count). The molecule has 0 aromatic heterocycles. The van der Waals surface area contributed by atoms with E-state index in [4.69, 9.17) is 11.6 Å². The maximum atomic E-state index is 13.2. The second-order valence-electron chi connectivity index (χ2n) is 5.15. The Labute approximate surface area is 114 Å². The molecular formula is C15H21ClFN. The van der Waals surface area contributed by atoms with Gasteiger partial charge in [0.1, 0.15) is 5.82 Å². The summed E-state index contributed by atoms with van der Waals surface area (Å²) >= 11 is 5.86. The summed E-state index contributed by atoms with van der Waals surface area (Å²) in [5, 5.41) is 3.83.